The Kier molecular flexibility index (Phi) is 5.46. The SMILES string of the molecule is Cc1cccc(/C=C2\Oc3cc(OCc4c(F)c(F)c(F)c(F)c4F)cc(C)c3C2=O)c1. The van der Waals surface area contributed by atoms with Crippen molar-refractivity contribution >= 4 is 11.9 Å². The molecule has 0 amide bonds. The Bertz CT molecular complexity index is 1270. The molecule has 3 aromatic rings. The van der Waals surface area contributed by atoms with Gasteiger partial charge in [-0.05, 0) is 37.1 Å². The predicted molar refractivity (Wildman–Crippen MR) is 106 cm³/mol. The Labute approximate surface area is 179 Å². The number of halogens is 5. The Morgan fingerprint density at radius 1 is 0.906 bits per heavy atom. The average Bonchev–Trinajstić information content (AvgIpc) is 3.06. The Balaban J connectivity index is 1.61. The van der Waals surface area contributed by atoms with Gasteiger partial charge in [0.05, 0.1) is 11.1 Å². The molecular weight excluding hydrogens is 431 g/mol. The van der Waals surface area contributed by atoms with Crippen molar-refractivity contribution in [1.82, 2.24) is 0 Å². The molecule has 0 saturated carbocycles. The van der Waals surface area contributed by atoms with E-state index in [9.17, 15) is 26.7 Å². The third-order valence-electron chi connectivity index (χ3n) is 4.97. The van der Waals surface area contributed by atoms with Crippen LogP contribution in [-0.2, 0) is 6.61 Å². The summed E-state index contributed by atoms with van der Waals surface area (Å²) >= 11 is 0. The van der Waals surface area contributed by atoms with E-state index in [0.29, 0.717) is 11.1 Å². The molecule has 1 aliphatic heterocycles. The molecule has 3 aromatic carbocycles. The van der Waals surface area contributed by atoms with Gasteiger partial charge >= 0.3 is 0 Å². The van der Waals surface area contributed by atoms with Crippen molar-refractivity contribution in [1.29, 1.82) is 0 Å². The molecule has 0 aromatic heterocycles. The van der Waals surface area contributed by atoms with Crippen molar-refractivity contribution < 1.29 is 36.2 Å². The number of allylic oxidation sites excluding steroid dienone is 1. The van der Waals surface area contributed by atoms with E-state index in [0.717, 1.165) is 11.1 Å². The Hall–Kier alpha value is -3.68. The van der Waals surface area contributed by atoms with Crippen LogP contribution in [0.1, 0.15) is 32.6 Å². The van der Waals surface area contributed by atoms with E-state index in [-0.39, 0.29) is 23.0 Å². The van der Waals surface area contributed by atoms with Crippen LogP contribution < -0.4 is 9.47 Å². The first-order valence-corrected chi connectivity index (χ1v) is 9.46. The number of hydrogen-bond acceptors (Lipinski definition) is 3. The number of benzene rings is 3. The molecule has 0 radical (unpaired) electrons. The first-order valence-electron chi connectivity index (χ1n) is 9.46. The van der Waals surface area contributed by atoms with Gasteiger partial charge in [-0.2, -0.15) is 0 Å². The molecule has 4 rings (SSSR count). The van der Waals surface area contributed by atoms with Gasteiger partial charge in [0.15, 0.2) is 29.0 Å². The molecule has 164 valence electrons. The van der Waals surface area contributed by atoms with Gasteiger partial charge in [-0.25, -0.2) is 22.0 Å². The first-order chi connectivity index (χ1) is 15.2. The molecular formula is C24H15F5O3. The van der Waals surface area contributed by atoms with Crippen molar-refractivity contribution in [3.8, 4) is 11.5 Å². The number of carbonyl (C=O) groups is 1. The molecule has 0 N–H and O–H groups in total. The van der Waals surface area contributed by atoms with E-state index in [4.69, 9.17) is 9.47 Å². The summed E-state index contributed by atoms with van der Waals surface area (Å²) in [5.41, 5.74) is 1.43. The number of hydrogen-bond donors (Lipinski definition) is 0. The van der Waals surface area contributed by atoms with Crippen LogP contribution in [0.4, 0.5) is 22.0 Å². The van der Waals surface area contributed by atoms with Crippen LogP contribution in [0.25, 0.3) is 6.08 Å². The summed E-state index contributed by atoms with van der Waals surface area (Å²) in [5.74, 6) is -10.3. The lowest BCUT2D eigenvalue weighted by Gasteiger charge is -2.11. The van der Waals surface area contributed by atoms with E-state index >= 15 is 0 Å². The van der Waals surface area contributed by atoms with Gasteiger partial charge in [0.2, 0.25) is 11.6 Å². The largest absolute Gasteiger partial charge is 0.489 e. The number of ether oxygens (including phenoxy) is 2. The third kappa shape index (κ3) is 3.72. The van der Waals surface area contributed by atoms with Crippen LogP contribution in [0.15, 0.2) is 42.2 Å². The summed E-state index contributed by atoms with van der Waals surface area (Å²) in [4.78, 5) is 12.7. The highest BCUT2D eigenvalue weighted by Crippen LogP contribution is 2.38. The van der Waals surface area contributed by atoms with Crippen LogP contribution in [0.5, 0.6) is 11.5 Å². The van der Waals surface area contributed by atoms with E-state index in [1.165, 1.54) is 12.1 Å². The third-order valence-corrected chi connectivity index (χ3v) is 4.97. The average molecular weight is 446 g/mol. The molecule has 1 heterocycles. The predicted octanol–water partition coefficient (Wildman–Crippen LogP) is 6.19. The molecule has 0 saturated heterocycles. The van der Waals surface area contributed by atoms with Crippen LogP contribution in [0, 0.1) is 42.9 Å². The maximum atomic E-state index is 13.9. The highest BCUT2D eigenvalue weighted by Gasteiger charge is 2.30. The zero-order valence-electron chi connectivity index (χ0n) is 16.9. The van der Waals surface area contributed by atoms with Crippen molar-refractivity contribution in [3.05, 3.63) is 99.1 Å². The fraction of sp³-hybridized carbons (Fsp3) is 0.125. The van der Waals surface area contributed by atoms with Crippen molar-refractivity contribution in [3.63, 3.8) is 0 Å². The van der Waals surface area contributed by atoms with E-state index < -0.39 is 41.3 Å². The molecule has 0 fully saturated rings. The number of Topliss-reactive ketones (excluding diaryl/α,β-unsaturated/α-hetero) is 1. The van der Waals surface area contributed by atoms with Crippen molar-refractivity contribution in [2.24, 2.45) is 0 Å². The lowest BCUT2D eigenvalue weighted by atomic mass is 10.0. The summed E-state index contributed by atoms with van der Waals surface area (Å²) in [7, 11) is 0. The molecule has 0 atom stereocenters. The van der Waals surface area contributed by atoms with Gasteiger partial charge in [0, 0.05) is 6.07 Å². The first kappa shape index (κ1) is 21.5. The van der Waals surface area contributed by atoms with Crippen LogP contribution in [0.3, 0.4) is 0 Å². The second-order valence-electron chi connectivity index (χ2n) is 7.30. The monoisotopic (exact) mass is 446 g/mol. The lowest BCUT2D eigenvalue weighted by Crippen LogP contribution is -2.10. The Morgan fingerprint density at radius 2 is 1.56 bits per heavy atom. The maximum Gasteiger partial charge on any atom is 0.232 e. The second-order valence-corrected chi connectivity index (χ2v) is 7.30. The minimum atomic E-state index is -2.24. The standard InChI is InChI=1S/C24H15F5O3/c1-11-4-3-5-13(6-11)8-17-24(30)18-12(2)7-14(9-16(18)32-17)31-10-15-19(25)21(27)23(29)22(28)20(15)26/h3-9H,10H2,1-2H3/b17-8-. The van der Waals surface area contributed by atoms with Gasteiger partial charge in [0.25, 0.3) is 0 Å². The Morgan fingerprint density at radius 3 is 2.22 bits per heavy atom. The van der Waals surface area contributed by atoms with Gasteiger partial charge in [0.1, 0.15) is 18.1 Å². The van der Waals surface area contributed by atoms with E-state index in [1.54, 1.807) is 13.0 Å². The normalized spacial score (nSPS) is 14.0. The number of fused-ring (bicyclic) bond motifs is 1. The zero-order chi connectivity index (χ0) is 23.2. The molecule has 3 nitrogen and oxygen atoms in total. The molecule has 32 heavy (non-hydrogen) atoms. The molecule has 0 bridgehead atoms. The van der Waals surface area contributed by atoms with Gasteiger partial charge in [-0.3, -0.25) is 4.79 Å². The molecule has 0 aliphatic carbocycles. The van der Waals surface area contributed by atoms with E-state index in [1.807, 2.05) is 31.2 Å². The van der Waals surface area contributed by atoms with Crippen molar-refractivity contribution in [2.75, 3.05) is 0 Å². The molecule has 1 aliphatic rings. The minimum absolute atomic E-state index is 0.0368. The van der Waals surface area contributed by atoms with Gasteiger partial charge in [-0.1, -0.05) is 29.8 Å². The minimum Gasteiger partial charge on any atom is -0.489 e. The number of ketones is 1. The number of rotatable bonds is 4. The smallest absolute Gasteiger partial charge is 0.232 e. The topological polar surface area (TPSA) is 35.5 Å². The summed E-state index contributed by atoms with van der Waals surface area (Å²) in [6.07, 6.45) is 1.59. The number of aryl methyl sites for hydroxylation is 2. The van der Waals surface area contributed by atoms with Crippen LogP contribution in [-0.4, -0.2) is 5.78 Å². The fourth-order valence-electron chi connectivity index (χ4n) is 3.40. The van der Waals surface area contributed by atoms with Gasteiger partial charge in [-0.15, -0.1) is 0 Å². The highest BCUT2D eigenvalue weighted by atomic mass is 19.2. The summed E-state index contributed by atoms with van der Waals surface area (Å²) in [6, 6.07) is 10.2. The van der Waals surface area contributed by atoms with Crippen LogP contribution in [0.2, 0.25) is 0 Å². The summed E-state index contributed by atoms with van der Waals surface area (Å²) in [5, 5.41) is 0. The summed E-state index contributed by atoms with van der Waals surface area (Å²) in [6.45, 7) is 2.61. The maximum absolute atomic E-state index is 13.9. The second kappa shape index (κ2) is 8.11. The highest BCUT2D eigenvalue weighted by molar-refractivity contribution is 6.15. The molecule has 0 spiro atoms. The van der Waals surface area contributed by atoms with Crippen molar-refractivity contribution in [2.45, 2.75) is 20.5 Å². The lowest BCUT2D eigenvalue weighted by molar-refractivity contribution is 0.101. The fourth-order valence-corrected chi connectivity index (χ4v) is 3.40. The van der Waals surface area contributed by atoms with E-state index in [2.05, 4.69) is 0 Å². The van der Waals surface area contributed by atoms with Gasteiger partial charge < -0.3 is 9.47 Å². The zero-order valence-corrected chi connectivity index (χ0v) is 16.9. The quantitative estimate of drug-likeness (QED) is 0.207. The number of carbonyl (C=O) groups excluding carboxylic acids is 1. The summed E-state index contributed by atoms with van der Waals surface area (Å²) < 4.78 is 78.6. The molecule has 8 heteroatoms. The molecule has 0 unspecified atom stereocenters. The van der Waals surface area contributed by atoms with Crippen LogP contribution >= 0.6 is 0 Å².